The molecule has 0 saturated heterocycles. The van der Waals surface area contributed by atoms with Gasteiger partial charge in [-0.05, 0) is 56.7 Å². The molecule has 1 amide bonds. The van der Waals surface area contributed by atoms with Gasteiger partial charge in [0.05, 0.1) is 17.4 Å². The van der Waals surface area contributed by atoms with Crippen molar-refractivity contribution in [3.05, 3.63) is 60.2 Å². The number of carbonyl (C=O) groups excluding carboxylic acids is 1. The number of imidazole rings is 1. The molecule has 0 fully saturated rings. The monoisotopic (exact) mass is 355 g/mol. The smallest absolute Gasteiger partial charge is 0.252 e. The number of hydrogen-bond donors (Lipinski definition) is 1. The quantitative estimate of drug-likeness (QED) is 0.658. The molecule has 3 rings (SSSR count). The van der Waals surface area contributed by atoms with E-state index in [9.17, 15) is 9.18 Å². The van der Waals surface area contributed by atoms with Crippen molar-refractivity contribution < 1.29 is 13.9 Å². The minimum absolute atomic E-state index is 0.131. The maximum atomic E-state index is 13.1. The molecule has 0 atom stereocenters. The fourth-order valence-corrected chi connectivity index (χ4v) is 2.58. The van der Waals surface area contributed by atoms with E-state index in [2.05, 4.69) is 10.3 Å². The maximum Gasteiger partial charge on any atom is 0.252 e. The maximum absolute atomic E-state index is 13.1. The van der Waals surface area contributed by atoms with E-state index < -0.39 is 0 Å². The standard InChI is InChI=1S/C20H22FN3O2/c1-14(2)26-11-3-10-22-20(25)16-6-9-19-23-18(13-24(19)12-16)15-4-7-17(21)8-5-15/h4-9,12-14H,3,10-11H2,1-2H3,(H,22,25). The summed E-state index contributed by atoms with van der Waals surface area (Å²) in [5, 5.41) is 2.89. The Morgan fingerprint density at radius 1 is 1.19 bits per heavy atom. The van der Waals surface area contributed by atoms with Gasteiger partial charge in [-0.15, -0.1) is 0 Å². The molecule has 3 aromatic rings. The van der Waals surface area contributed by atoms with E-state index in [0.717, 1.165) is 23.3 Å². The van der Waals surface area contributed by atoms with Crippen LogP contribution in [0.2, 0.25) is 0 Å². The Morgan fingerprint density at radius 3 is 2.69 bits per heavy atom. The highest BCUT2D eigenvalue weighted by Gasteiger charge is 2.09. The van der Waals surface area contributed by atoms with E-state index in [1.54, 1.807) is 34.9 Å². The minimum Gasteiger partial charge on any atom is -0.379 e. The summed E-state index contributed by atoms with van der Waals surface area (Å²) in [5.74, 6) is -0.413. The van der Waals surface area contributed by atoms with Crippen LogP contribution in [0.4, 0.5) is 4.39 Å². The number of carbonyl (C=O) groups is 1. The van der Waals surface area contributed by atoms with Crippen LogP contribution in [0.1, 0.15) is 30.6 Å². The number of halogens is 1. The van der Waals surface area contributed by atoms with Crippen LogP contribution in [-0.4, -0.2) is 34.5 Å². The van der Waals surface area contributed by atoms with Gasteiger partial charge in [-0.25, -0.2) is 9.37 Å². The number of rotatable bonds is 7. The molecular weight excluding hydrogens is 333 g/mol. The third kappa shape index (κ3) is 4.46. The molecule has 0 bridgehead atoms. The van der Waals surface area contributed by atoms with Crippen molar-refractivity contribution in [2.75, 3.05) is 13.2 Å². The first kappa shape index (κ1) is 18.1. The molecule has 0 saturated carbocycles. The van der Waals surface area contributed by atoms with Crippen LogP contribution in [0.25, 0.3) is 16.9 Å². The van der Waals surface area contributed by atoms with Crippen LogP contribution >= 0.6 is 0 Å². The van der Waals surface area contributed by atoms with Crippen molar-refractivity contribution in [3.63, 3.8) is 0 Å². The summed E-state index contributed by atoms with van der Waals surface area (Å²) in [6, 6.07) is 9.72. The number of pyridine rings is 1. The van der Waals surface area contributed by atoms with Gasteiger partial charge in [-0.2, -0.15) is 0 Å². The van der Waals surface area contributed by atoms with Gasteiger partial charge in [0.2, 0.25) is 0 Å². The molecule has 1 aromatic carbocycles. The first-order valence-corrected chi connectivity index (χ1v) is 8.67. The SMILES string of the molecule is CC(C)OCCCNC(=O)c1ccc2nc(-c3ccc(F)cc3)cn2c1. The lowest BCUT2D eigenvalue weighted by molar-refractivity contribution is 0.0757. The summed E-state index contributed by atoms with van der Waals surface area (Å²) >= 11 is 0. The molecule has 26 heavy (non-hydrogen) atoms. The number of benzene rings is 1. The molecule has 0 aliphatic heterocycles. The minimum atomic E-state index is -0.282. The zero-order valence-corrected chi connectivity index (χ0v) is 14.9. The molecule has 2 aromatic heterocycles. The van der Waals surface area contributed by atoms with Gasteiger partial charge in [0.25, 0.3) is 5.91 Å². The molecule has 5 nitrogen and oxygen atoms in total. The van der Waals surface area contributed by atoms with Crippen LogP contribution < -0.4 is 5.32 Å². The molecule has 1 N–H and O–H groups in total. The second kappa shape index (κ2) is 8.10. The van der Waals surface area contributed by atoms with E-state index in [0.29, 0.717) is 18.7 Å². The molecule has 6 heteroatoms. The fraction of sp³-hybridized carbons (Fsp3) is 0.300. The number of amides is 1. The highest BCUT2D eigenvalue weighted by Crippen LogP contribution is 2.20. The second-order valence-electron chi connectivity index (χ2n) is 6.35. The summed E-state index contributed by atoms with van der Waals surface area (Å²) in [4.78, 5) is 16.8. The van der Waals surface area contributed by atoms with Crippen LogP contribution in [0.15, 0.2) is 48.8 Å². The first-order chi connectivity index (χ1) is 12.5. The van der Waals surface area contributed by atoms with Crippen molar-refractivity contribution in [3.8, 4) is 11.3 Å². The summed E-state index contributed by atoms with van der Waals surface area (Å²) in [5.41, 5.74) is 2.84. The van der Waals surface area contributed by atoms with Gasteiger partial charge in [0.1, 0.15) is 11.5 Å². The topological polar surface area (TPSA) is 55.6 Å². The van der Waals surface area contributed by atoms with Gasteiger partial charge in [0.15, 0.2) is 0 Å². The third-order valence-corrected chi connectivity index (χ3v) is 3.91. The normalized spacial score (nSPS) is 11.2. The number of fused-ring (bicyclic) bond motifs is 1. The van der Waals surface area contributed by atoms with Gasteiger partial charge in [-0.1, -0.05) is 0 Å². The molecule has 0 aliphatic carbocycles. The Hall–Kier alpha value is -2.73. The number of hydrogen-bond acceptors (Lipinski definition) is 3. The second-order valence-corrected chi connectivity index (χ2v) is 6.35. The third-order valence-electron chi connectivity index (χ3n) is 3.91. The van der Waals surface area contributed by atoms with E-state index in [1.165, 1.54) is 12.1 Å². The molecule has 136 valence electrons. The Labute approximate surface area is 151 Å². The predicted octanol–water partition coefficient (Wildman–Crippen LogP) is 3.69. The number of ether oxygens (including phenoxy) is 1. The average Bonchev–Trinajstić information content (AvgIpc) is 3.04. The number of aromatic nitrogens is 2. The summed E-state index contributed by atoms with van der Waals surface area (Å²) in [6.45, 7) is 5.16. The van der Waals surface area contributed by atoms with Gasteiger partial charge in [-0.3, -0.25) is 4.79 Å². The highest BCUT2D eigenvalue weighted by atomic mass is 19.1. The van der Waals surface area contributed by atoms with E-state index in [4.69, 9.17) is 4.74 Å². The Morgan fingerprint density at radius 2 is 1.96 bits per heavy atom. The van der Waals surface area contributed by atoms with Crippen molar-refractivity contribution in [2.45, 2.75) is 26.4 Å². The van der Waals surface area contributed by atoms with Crippen molar-refractivity contribution in [1.82, 2.24) is 14.7 Å². The lowest BCUT2D eigenvalue weighted by Crippen LogP contribution is -2.25. The summed E-state index contributed by atoms with van der Waals surface area (Å²) < 4.78 is 20.3. The number of nitrogens with one attached hydrogen (secondary N) is 1. The van der Waals surface area contributed by atoms with Crippen LogP contribution in [0.5, 0.6) is 0 Å². The highest BCUT2D eigenvalue weighted by molar-refractivity contribution is 5.94. The van der Waals surface area contributed by atoms with Crippen LogP contribution in [-0.2, 0) is 4.74 Å². The zero-order chi connectivity index (χ0) is 18.5. The Balaban J connectivity index is 1.67. The summed E-state index contributed by atoms with van der Waals surface area (Å²) in [6.07, 6.45) is 4.54. The Bertz CT molecular complexity index is 888. The number of nitrogens with zero attached hydrogens (tertiary/aromatic N) is 2. The van der Waals surface area contributed by atoms with E-state index >= 15 is 0 Å². The molecule has 0 unspecified atom stereocenters. The summed E-state index contributed by atoms with van der Waals surface area (Å²) in [7, 11) is 0. The lowest BCUT2D eigenvalue weighted by Gasteiger charge is -2.08. The van der Waals surface area contributed by atoms with E-state index in [-0.39, 0.29) is 17.8 Å². The van der Waals surface area contributed by atoms with Gasteiger partial charge < -0.3 is 14.5 Å². The van der Waals surface area contributed by atoms with Crippen LogP contribution in [0.3, 0.4) is 0 Å². The van der Waals surface area contributed by atoms with E-state index in [1.807, 2.05) is 20.0 Å². The fourth-order valence-electron chi connectivity index (χ4n) is 2.58. The van der Waals surface area contributed by atoms with Gasteiger partial charge in [0, 0.05) is 31.1 Å². The average molecular weight is 355 g/mol. The Kier molecular flexibility index (Phi) is 5.63. The lowest BCUT2D eigenvalue weighted by atomic mass is 10.2. The largest absolute Gasteiger partial charge is 0.379 e. The molecule has 0 radical (unpaired) electrons. The molecule has 0 spiro atoms. The van der Waals surface area contributed by atoms with Crippen molar-refractivity contribution in [2.24, 2.45) is 0 Å². The molecular formula is C20H22FN3O2. The molecule has 0 aliphatic rings. The van der Waals surface area contributed by atoms with Crippen molar-refractivity contribution >= 4 is 11.6 Å². The zero-order valence-electron chi connectivity index (χ0n) is 14.9. The predicted molar refractivity (Wildman–Crippen MR) is 98.6 cm³/mol. The van der Waals surface area contributed by atoms with Crippen molar-refractivity contribution in [1.29, 1.82) is 0 Å². The first-order valence-electron chi connectivity index (χ1n) is 8.67. The van der Waals surface area contributed by atoms with Gasteiger partial charge >= 0.3 is 0 Å². The molecule has 2 heterocycles. The van der Waals surface area contributed by atoms with Crippen LogP contribution in [0, 0.1) is 5.82 Å².